The van der Waals surface area contributed by atoms with Crippen molar-refractivity contribution in [2.75, 3.05) is 26.2 Å². The molecule has 2 nitrogen and oxygen atoms in total. The van der Waals surface area contributed by atoms with E-state index in [9.17, 15) is 0 Å². The van der Waals surface area contributed by atoms with Crippen LogP contribution in [0.5, 0.6) is 0 Å². The second-order valence-electron chi connectivity index (χ2n) is 5.89. The van der Waals surface area contributed by atoms with Crippen LogP contribution in [0.25, 0.3) is 0 Å². The Morgan fingerprint density at radius 1 is 1.06 bits per heavy atom. The van der Waals surface area contributed by atoms with Gasteiger partial charge in [-0.25, -0.2) is 0 Å². The van der Waals surface area contributed by atoms with Gasteiger partial charge >= 0.3 is 0 Å². The van der Waals surface area contributed by atoms with E-state index in [-0.39, 0.29) is 0 Å². The highest BCUT2D eigenvalue weighted by atomic mass is 15.2. The highest BCUT2D eigenvalue weighted by Crippen LogP contribution is 2.35. The third-order valence-electron chi connectivity index (χ3n) is 4.58. The average Bonchev–Trinajstić information content (AvgIpc) is 2.39. The molecule has 0 amide bonds. The molecule has 2 aliphatic rings. The first-order valence-corrected chi connectivity index (χ1v) is 7.86. The zero-order chi connectivity index (χ0) is 11.9. The Hall–Kier alpha value is -0.0800. The van der Waals surface area contributed by atoms with E-state index in [4.69, 9.17) is 0 Å². The largest absolute Gasteiger partial charge is 0.317 e. The van der Waals surface area contributed by atoms with Crippen molar-refractivity contribution in [1.29, 1.82) is 0 Å². The molecule has 1 aliphatic carbocycles. The number of fused-ring (bicyclic) bond motifs is 1. The standard InChI is InChI=1S/C15H30N2/c1-2-10-16-11-6-13-17-12-5-8-14-7-3-4-9-15(14)17/h14-16H,2-13H2,1H3/t14-,15-/m1/s1. The van der Waals surface area contributed by atoms with Gasteiger partial charge in [0.15, 0.2) is 0 Å². The van der Waals surface area contributed by atoms with E-state index >= 15 is 0 Å². The van der Waals surface area contributed by atoms with Gasteiger partial charge in [-0.15, -0.1) is 0 Å². The number of nitrogens with one attached hydrogen (secondary N) is 1. The molecule has 0 spiro atoms. The summed E-state index contributed by atoms with van der Waals surface area (Å²) in [7, 11) is 0. The molecule has 2 atom stereocenters. The fourth-order valence-corrected chi connectivity index (χ4v) is 3.71. The first kappa shape index (κ1) is 13.4. The molecule has 0 aromatic heterocycles. The zero-order valence-electron chi connectivity index (χ0n) is 11.6. The van der Waals surface area contributed by atoms with E-state index in [1.165, 1.54) is 77.5 Å². The Labute approximate surface area is 107 Å². The van der Waals surface area contributed by atoms with Crippen molar-refractivity contribution in [2.24, 2.45) is 5.92 Å². The van der Waals surface area contributed by atoms with Gasteiger partial charge in [-0.3, -0.25) is 0 Å². The van der Waals surface area contributed by atoms with Gasteiger partial charge < -0.3 is 10.2 Å². The van der Waals surface area contributed by atoms with Gasteiger partial charge in [0.05, 0.1) is 0 Å². The molecule has 0 bridgehead atoms. The smallest absolute Gasteiger partial charge is 0.0123 e. The van der Waals surface area contributed by atoms with Crippen molar-refractivity contribution < 1.29 is 0 Å². The molecule has 2 heteroatoms. The Bertz CT molecular complexity index is 203. The van der Waals surface area contributed by atoms with Crippen molar-refractivity contribution in [2.45, 2.75) is 64.3 Å². The molecular formula is C15H30N2. The Balaban J connectivity index is 1.67. The van der Waals surface area contributed by atoms with Gasteiger partial charge in [0, 0.05) is 6.04 Å². The maximum absolute atomic E-state index is 3.52. The number of hydrogen-bond donors (Lipinski definition) is 1. The molecule has 2 fully saturated rings. The summed E-state index contributed by atoms with van der Waals surface area (Å²) in [6.07, 6.45) is 11.5. The van der Waals surface area contributed by atoms with Crippen LogP contribution in [0.4, 0.5) is 0 Å². The van der Waals surface area contributed by atoms with Gasteiger partial charge in [0.1, 0.15) is 0 Å². The van der Waals surface area contributed by atoms with E-state index in [1.54, 1.807) is 0 Å². The molecule has 1 saturated carbocycles. The molecule has 0 aromatic carbocycles. The fourth-order valence-electron chi connectivity index (χ4n) is 3.71. The third-order valence-corrected chi connectivity index (χ3v) is 4.58. The quantitative estimate of drug-likeness (QED) is 0.716. The molecule has 0 aromatic rings. The Morgan fingerprint density at radius 3 is 2.76 bits per heavy atom. The van der Waals surface area contributed by atoms with E-state index < -0.39 is 0 Å². The van der Waals surface area contributed by atoms with E-state index in [1.807, 2.05) is 0 Å². The summed E-state index contributed by atoms with van der Waals surface area (Å²) in [5.41, 5.74) is 0. The fraction of sp³-hybridized carbons (Fsp3) is 1.00. The van der Waals surface area contributed by atoms with Gasteiger partial charge in [0.2, 0.25) is 0 Å². The molecule has 1 aliphatic heterocycles. The Kier molecular flexibility index (Phi) is 5.79. The molecule has 2 rings (SSSR count). The van der Waals surface area contributed by atoms with Crippen molar-refractivity contribution in [3.8, 4) is 0 Å². The second-order valence-corrected chi connectivity index (χ2v) is 5.89. The van der Waals surface area contributed by atoms with E-state index in [0.29, 0.717) is 0 Å². The highest BCUT2D eigenvalue weighted by Gasteiger charge is 2.32. The van der Waals surface area contributed by atoms with Crippen molar-refractivity contribution in [3.63, 3.8) is 0 Å². The molecule has 0 unspecified atom stereocenters. The third kappa shape index (κ3) is 3.96. The lowest BCUT2D eigenvalue weighted by Crippen LogP contribution is -2.47. The first-order chi connectivity index (χ1) is 8.42. The summed E-state index contributed by atoms with van der Waals surface area (Å²) in [4.78, 5) is 2.81. The van der Waals surface area contributed by atoms with Crippen LogP contribution in [-0.2, 0) is 0 Å². The predicted molar refractivity (Wildman–Crippen MR) is 74.3 cm³/mol. The van der Waals surface area contributed by atoms with Crippen LogP contribution in [0.1, 0.15) is 58.3 Å². The molecular weight excluding hydrogens is 208 g/mol. The molecule has 1 N–H and O–H groups in total. The summed E-state index contributed by atoms with van der Waals surface area (Å²) in [5, 5.41) is 3.52. The van der Waals surface area contributed by atoms with Crippen LogP contribution in [0.2, 0.25) is 0 Å². The summed E-state index contributed by atoms with van der Waals surface area (Å²) in [6.45, 7) is 7.34. The second kappa shape index (κ2) is 7.38. The number of hydrogen-bond acceptors (Lipinski definition) is 2. The Morgan fingerprint density at radius 2 is 1.88 bits per heavy atom. The monoisotopic (exact) mass is 238 g/mol. The lowest BCUT2D eigenvalue weighted by atomic mass is 9.78. The zero-order valence-corrected chi connectivity index (χ0v) is 11.6. The lowest BCUT2D eigenvalue weighted by molar-refractivity contribution is 0.0602. The van der Waals surface area contributed by atoms with Crippen molar-refractivity contribution >= 4 is 0 Å². The topological polar surface area (TPSA) is 15.3 Å². The minimum absolute atomic E-state index is 0.948. The molecule has 0 radical (unpaired) electrons. The SMILES string of the molecule is CCCNCCCN1CCC[C@H]2CCCC[C@H]21. The van der Waals surface area contributed by atoms with Crippen LogP contribution in [-0.4, -0.2) is 37.1 Å². The highest BCUT2D eigenvalue weighted by molar-refractivity contribution is 4.87. The van der Waals surface area contributed by atoms with Crippen LogP contribution in [0.3, 0.4) is 0 Å². The minimum atomic E-state index is 0.948. The summed E-state index contributed by atoms with van der Waals surface area (Å²) >= 11 is 0. The summed E-state index contributed by atoms with van der Waals surface area (Å²) in [5.74, 6) is 1.04. The summed E-state index contributed by atoms with van der Waals surface area (Å²) in [6, 6.07) is 0.948. The van der Waals surface area contributed by atoms with Crippen molar-refractivity contribution in [3.05, 3.63) is 0 Å². The number of rotatable bonds is 6. The van der Waals surface area contributed by atoms with Crippen LogP contribution >= 0.6 is 0 Å². The van der Waals surface area contributed by atoms with E-state index in [2.05, 4.69) is 17.1 Å². The number of piperidine rings is 1. The van der Waals surface area contributed by atoms with Crippen LogP contribution < -0.4 is 5.32 Å². The molecule has 100 valence electrons. The van der Waals surface area contributed by atoms with Crippen LogP contribution in [0.15, 0.2) is 0 Å². The number of likely N-dealkylation sites (tertiary alicyclic amines) is 1. The predicted octanol–water partition coefficient (Wildman–Crippen LogP) is 3.03. The van der Waals surface area contributed by atoms with Gasteiger partial charge in [0.25, 0.3) is 0 Å². The maximum Gasteiger partial charge on any atom is 0.0123 e. The van der Waals surface area contributed by atoms with Gasteiger partial charge in [-0.2, -0.15) is 0 Å². The van der Waals surface area contributed by atoms with Gasteiger partial charge in [-0.05, 0) is 70.6 Å². The molecule has 17 heavy (non-hydrogen) atoms. The lowest BCUT2D eigenvalue weighted by Gasteiger charge is -2.44. The first-order valence-electron chi connectivity index (χ1n) is 7.86. The molecule has 1 heterocycles. The average molecular weight is 238 g/mol. The summed E-state index contributed by atoms with van der Waals surface area (Å²) < 4.78 is 0. The maximum atomic E-state index is 3.52. The minimum Gasteiger partial charge on any atom is -0.317 e. The van der Waals surface area contributed by atoms with Crippen LogP contribution in [0, 0.1) is 5.92 Å². The molecule has 1 saturated heterocycles. The normalized spacial score (nSPS) is 30.2. The number of nitrogens with zero attached hydrogens (tertiary/aromatic N) is 1. The van der Waals surface area contributed by atoms with E-state index in [0.717, 1.165) is 12.0 Å². The van der Waals surface area contributed by atoms with Crippen molar-refractivity contribution in [1.82, 2.24) is 10.2 Å². The van der Waals surface area contributed by atoms with Gasteiger partial charge in [-0.1, -0.05) is 19.8 Å².